The molecule has 56 heteroatoms. The lowest BCUT2D eigenvalue weighted by Crippen LogP contribution is -2.69. The molecule has 48 nitrogen and oxygen atoms in total. The van der Waals surface area contributed by atoms with Gasteiger partial charge in [0.05, 0.1) is 101 Å². The Kier molecular flexibility index (Phi) is 44.9. The van der Waals surface area contributed by atoms with Crippen LogP contribution in [0.15, 0.2) is 60.7 Å². The summed E-state index contributed by atoms with van der Waals surface area (Å²) in [4.78, 5) is 83.2. The van der Waals surface area contributed by atoms with Gasteiger partial charge < -0.3 is 203 Å². The summed E-state index contributed by atoms with van der Waals surface area (Å²) in [6.07, 6.45) is -84.1. The lowest BCUT2D eigenvalue weighted by atomic mass is 9.95. The quantitative estimate of drug-likeness (QED) is 0.0218. The molecule has 30 aliphatic rings. The van der Waals surface area contributed by atoms with Gasteiger partial charge in [-0.2, -0.15) is 82.3 Å². The minimum absolute atomic E-state index is 0.161. The molecule has 16 bridgehead atoms. The Balaban J connectivity index is 0.985. The first-order valence-electron chi connectivity index (χ1n) is 44.0. The van der Waals surface area contributed by atoms with E-state index < -0.39 is 387 Å². The van der Waals surface area contributed by atoms with Crippen molar-refractivity contribution in [3.63, 3.8) is 0 Å². The Labute approximate surface area is 817 Å². The minimum Gasteiger partial charge on any atom is -0.481 e. The Morgan fingerprint density at radius 2 is 0.493 bits per heavy atom. The van der Waals surface area contributed by atoms with Gasteiger partial charge in [-0.1, -0.05) is 60.7 Å². The van der Waals surface area contributed by atoms with E-state index in [2.05, 4.69) is 0 Å². The van der Waals surface area contributed by atoms with Crippen LogP contribution < -0.4 is 10.6 Å². The van der Waals surface area contributed by atoms with Gasteiger partial charge in [-0.05, 0) is 0 Å². The molecule has 0 aromatic heterocycles. The van der Waals surface area contributed by atoms with E-state index in [9.17, 15) is 151 Å². The summed E-state index contributed by atoms with van der Waals surface area (Å²) in [6.45, 7) is -0.815. The Morgan fingerprint density at radius 1 is 0.283 bits per heavy atom. The molecule has 30 fully saturated rings. The van der Waals surface area contributed by atoms with Crippen LogP contribution in [0.3, 0.4) is 0 Å². The van der Waals surface area contributed by atoms with Crippen molar-refractivity contribution in [2.24, 2.45) is 0 Å². The molecule has 138 heavy (non-hydrogen) atoms. The van der Waals surface area contributed by atoms with Gasteiger partial charge in [-0.25, -0.2) is 0 Å². The van der Waals surface area contributed by atoms with Crippen LogP contribution in [0, 0.1) is 0 Å². The van der Waals surface area contributed by atoms with E-state index in [1.807, 2.05) is 0 Å². The molecular weight excluding hydrogens is 2010 g/mol. The summed E-state index contributed by atoms with van der Waals surface area (Å²) in [7, 11) is -3.85. The lowest BCUT2D eigenvalue weighted by molar-refractivity contribution is -0.451. The summed E-state index contributed by atoms with van der Waals surface area (Å²) in [5.74, 6) is -16.0. The third-order valence-electron chi connectivity index (χ3n) is 23.5. The van der Waals surface area contributed by atoms with Crippen LogP contribution in [0.2, 0.25) is 0 Å². The molecule has 2 aromatic rings. The highest BCUT2D eigenvalue weighted by atomic mass is 32.2. The second-order valence-electron chi connectivity index (χ2n) is 33.5. The van der Waals surface area contributed by atoms with Crippen molar-refractivity contribution < 1.29 is 236 Å². The molecule has 0 amide bonds. The molecule has 0 radical (unpaired) electrons. The third kappa shape index (κ3) is 30.9. The van der Waals surface area contributed by atoms with E-state index in [1.165, 1.54) is 0 Å². The normalized spacial score (nSPS) is 39.4. The van der Waals surface area contributed by atoms with Gasteiger partial charge in [0.15, 0.2) is 51.2 Å². The van der Waals surface area contributed by atoms with Gasteiger partial charge in [0.25, 0.3) is 5.97 Å². The highest BCUT2D eigenvalue weighted by molar-refractivity contribution is 8.00. The monoisotopic (exact) mass is 2130 g/mol. The fraction of sp³-hybridized carbons (Fsp3) is 0.768. The zero-order valence-corrected chi connectivity index (χ0v) is 80.1. The first-order chi connectivity index (χ1) is 65.6. The summed E-state index contributed by atoms with van der Waals surface area (Å²) < 4.78 is 123. The molecule has 782 valence electrons. The zero-order valence-electron chi connectivity index (χ0n) is 73.5. The highest BCUT2D eigenvalue weighted by Crippen LogP contribution is 2.47. The predicted molar refractivity (Wildman–Crippen MR) is 482 cm³/mol. The second-order valence-corrected chi connectivity index (χ2v) is 44.4. The Morgan fingerprint density at radius 3 is 0.739 bits per heavy atom. The molecule has 0 spiro atoms. The second kappa shape index (κ2) is 54.1. The van der Waals surface area contributed by atoms with Crippen molar-refractivity contribution in [1.82, 2.24) is 0 Å². The number of aliphatic carboxylic acids is 7. The topological polar surface area (TPSA) is 759 Å². The number of rotatable bonds is 41. The Bertz CT molecular complexity index is 4160. The number of aliphatic hydroxyl groups is 16. The summed E-state index contributed by atoms with van der Waals surface area (Å²) in [6, 6.07) is 16.1. The molecule has 30 aliphatic heterocycles. The molecule has 39 atom stereocenters. The van der Waals surface area contributed by atoms with Gasteiger partial charge in [-0.15, -0.1) is 0 Å². The SMILES string of the molecule is O=C(O)CCSC[C@H]1O[C@@H]2O[C@H]3[C@H](O)[C@@H](O)[C@@H](O[C@H]4[C@H](O)[C@@H](O)[C@@H](O[C@H]5[C@H](O)[C@@H](O)[C@@H](O[C@H]6[C@H](O)C[C@@](O)(O[C@H]7[C@H](O)[C@@H](O)[C@@H](O[C@H]8[C@H](O)[C@@H](O)[C@@H](O[C@H]9[C@H](O)[C@@H](O)[C@@H](O[C@H]1[C@H](O)[C@H]2O)O[C@@H]9CSCCC(=O)O)O[C@@H]8CSCCC(=O)O)O[C@@H]7CSCCC(=O)O)O[C@@H]6CSCCC(=O)O)O[C@@H]5CSCCC(=O)O)O[C@@H]4CSCCC(=O)O)O[C@@H]3COCP(=O)(c1ccccc1)c1ccccc1. The van der Waals surface area contributed by atoms with Gasteiger partial charge >= 0.3 is 41.8 Å². The van der Waals surface area contributed by atoms with Crippen LogP contribution in [-0.2, 0) is 119 Å². The molecule has 0 saturated carbocycles. The molecule has 0 unspecified atom stereocenters. The first kappa shape index (κ1) is 114. The highest BCUT2D eigenvalue weighted by Gasteiger charge is 2.62. The van der Waals surface area contributed by atoms with Gasteiger partial charge in [0.2, 0.25) is 0 Å². The summed E-state index contributed by atoms with van der Waals surface area (Å²) in [5, 5.41) is 266. The minimum atomic E-state index is -3.85. The fourth-order valence-electron chi connectivity index (χ4n) is 16.3. The molecular formula is C82H119O48PS7. The zero-order chi connectivity index (χ0) is 100. The smallest absolute Gasteiger partial charge is 0.304 e. The van der Waals surface area contributed by atoms with Crippen molar-refractivity contribution in [3.05, 3.63) is 60.7 Å². The Hall–Kier alpha value is -3.91. The van der Waals surface area contributed by atoms with Gasteiger partial charge in [0, 0.05) is 91.1 Å². The van der Waals surface area contributed by atoms with Crippen molar-refractivity contribution in [2.45, 2.75) is 291 Å². The van der Waals surface area contributed by atoms with Crippen molar-refractivity contribution in [1.29, 1.82) is 0 Å². The van der Waals surface area contributed by atoms with Gasteiger partial charge in [0.1, 0.15) is 153 Å². The predicted octanol–water partition coefficient (Wildman–Crippen LogP) is -5.55. The van der Waals surface area contributed by atoms with Crippen molar-refractivity contribution in [2.75, 3.05) is 93.5 Å². The number of benzene rings is 2. The van der Waals surface area contributed by atoms with Crippen LogP contribution in [-0.4, -0.2) is 492 Å². The molecule has 2 aromatic carbocycles. The molecule has 30 saturated heterocycles. The maximum absolute atomic E-state index is 15.5. The number of hydrogen-bond acceptors (Lipinski definition) is 48. The number of carboxylic acid groups (broad SMARTS) is 7. The van der Waals surface area contributed by atoms with Crippen LogP contribution >= 0.6 is 89.5 Å². The fourth-order valence-corrected chi connectivity index (χ4v) is 25.5. The molecule has 30 heterocycles. The summed E-state index contributed by atoms with van der Waals surface area (Å²) in [5.41, 5.74) is 0. The van der Waals surface area contributed by atoms with Crippen molar-refractivity contribution in [3.8, 4) is 0 Å². The molecule has 0 aliphatic carbocycles. The van der Waals surface area contributed by atoms with Crippen LogP contribution in [0.25, 0.3) is 0 Å². The average molecular weight is 2130 g/mol. The summed E-state index contributed by atoms with van der Waals surface area (Å²) >= 11 is 6.11. The molecule has 23 N–H and O–H groups in total. The maximum atomic E-state index is 15.5. The van der Waals surface area contributed by atoms with Crippen LogP contribution in [0.1, 0.15) is 51.4 Å². The number of aliphatic hydroxyl groups excluding tert-OH is 15. The number of ether oxygens (including phenoxy) is 17. The largest absolute Gasteiger partial charge is 0.481 e. The van der Waals surface area contributed by atoms with Crippen LogP contribution in [0.5, 0.6) is 0 Å². The third-order valence-corrected chi connectivity index (χ3v) is 33.7. The van der Waals surface area contributed by atoms with Crippen LogP contribution in [0.4, 0.5) is 0 Å². The van der Waals surface area contributed by atoms with E-state index in [4.69, 9.17) is 80.5 Å². The van der Waals surface area contributed by atoms with E-state index in [1.54, 1.807) is 60.7 Å². The van der Waals surface area contributed by atoms with E-state index >= 15 is 4.57 Å². The van der Waals surface area contributed by atoms with E-state index in [0.29, 0.717) is 10.6 Å². The van der Waals surface area contributed by atoms with Crippen molar-refractivity contribution >= 4 is 142 Å². The lowest BCUT2D eigenvalue weighted by Gasteiger charge is -2.51. The standard InChI is InChI=1S/C82H119O48PS7/c83-37-25-82(112)129-45(33-138-24-17-52(96)97)67(37)122-76-61(106)54(99)70(39(116-76)27-132-18-11-46(84)85)125-78-63(108)56(101)69(40(118-78)28-133-19-12-47(86)87)124-75-60(105)53(98)68(38(115-75)26-114-34-131(113,35-7-3-1-4-8-35)36-9-5-2-6-10-36)123-77-62(107)55(100)71(41(117-77)29-134-20-13-48(88)89)126-79-64(109)57(102)72(42(119-79)30-135-21-14-49(90)91)127-80-65(110)58(103)73(43(120-80)31-136-22-15-50(92)93)128-81-66(111)59(104)74(130-82)44(121-81)32-137-23-16-51(94)95/h1-10,37-45,53-81,83,98-112H,11-34H2,(H,84,85)(H,86,87)(H,88,89)(H,90,91)(H,92,93)(H,94,95)(H,96,97)/t37-,38-,39-,40-,41-,42-,43-,44-,45-,53-,54-,55-,56-,57-,58-,59-,60-,61-,62-,63-,64-,65-,66-,67+,68-,69-,70-,71-,72-,73-,74-,75-,76-,77-,78-,79-,80-,81-,82+/m1/s1. The number of carboxylic acids is 7. The first-order valence-corrected chi connectivity index (χ1v) is 53.9. The maximum Gasteiger partial charge on any atom is 0.304 e. The van der Waals surface area contributed by atoms with Gasteiger partial charge in [-0.3, -0.25) is 33.6 Å². The van der Waals surface area contributed by atoms with E-state index in [0.717, 1.165) is 82.3 Å². The van der Waals surface area contributed by atoms with E-state index in [-0.39, 0.29) is 46.0 Å². The number of carbonyl (C=O) groups is 7. The molecule has 32 rings (SSSR count). The average Bonchev–Trinajstić information content (AvgIpc) is 0.797. The number of thioether (sulfide) groups is 7. The number of hydrogen-bond donors (Lipinski definition) is 23.